The highest BCUT2D eigenvalue weighted by Crippen LogP contribution is 2.39. The first-order valence-corrected chi connectivity index (χ1v) is 12.3. The molecule has 8 nitrogen and oxygen atoms in total. The molecule has 0 radical (unpaired) electrons. The van der Waals surface area contributed by atoms with Gasteiger partial charge < -0.3 is 19.4 Å². The Bertz CT molecular complexity index is 1160. The van der Waals surface area contributed by atoms with Crippen molar-refractivity contribution in [2.75, 3.05) is 13.2 Å². The van der Waals surface area contributed by atoms with E-state index in [0.717, 1.165) is 0 Å². The zero-order valence-corrected chi connectivity index (χ0v) is 20.0. The van der Waals surface area contributed by atoms with Crippen LogP contribution in [0.5, 0.6) is 0 Å². The molecule has 0 aromatic heterocycles. The number of carbonyl (C=O) groups is 3. The zero-order chi connectivity index (χ0) is 25.3. The van der Waals surface area contributed by atoms with Crippen LogP contribution in [-0.4, -0.2) is 59.0 Å². The average molecular weight is 508 g/mol. The number of esters is 3. The Kier molecular flexibility index (Phi) is 8.72. The molecule has 0 saturated carbocycles. The van der Waals surface area contributed by atoms with Gasteiger partial charge >= 0.3 is 17.9 Å². The second kappa shape index (κ2) is 12.3. The highest BCUT2D eigenvalue weighted by atomic mass is 32.2. The van der Waals surface area contributed by atoms with Crippen molar-refractivity contribution < 1.29 is 33.8 Å². The molecule has 4 atom stereocenters. The molecule has 1 saturated heterocycles. The summed E-state index contributed by atoms with van der Waals surface area (Å²) in [5.74, 6) is -1.71. The number of hydrogen-bond acceptors (Lipinski definition) is 9. The average Bonchev–Trinajstić information content (AvgIpc) is 3.24. The molecule has 186 valence electrons. The van der Waals surface area contributed by atoms with Gasteiger partial charge in [-0.15, -0.1) is 11.8 Å². The molecule has 0 aliphatic carbocycles. The summed E-state index contributed by atoms with van der Waals surface area (Å²) in [4.78, 5) is 38.3. The first-order chi connectivity index (χ1) is 17.6. The smallest absolute Gasteiger partial charge is 0.338 e. The first kappa shape index (κ1) is 25.4. The van der Waals surface area contributed by atoms with Crippen molar-refractivity contribution >= 4 is 29.7 Å². The van der Waals surface area contributed by atoms with Crippen molar-refractivity contribution in [2.24, 2.45) is 0 Å². The van der Waals surface area contributed by atoms with E-state index in [4.69, 9.17) is 14.2 Å². The molecule has 1 fully saturated rings. The van der Waals surface area contributed by atoms with Crippen LogP contribution in [0.2, 0.25) is 0 Å². The lowest BCUT2D eigenvalue weighted by Gasteiger charge is -2.26. The second-order valence-electron chi connectivity index (χ2n) is 8.01. The third-order valence-corrected chi connectivity index (χ3v) is 7.13. The zero-order valence-electron chi connectivity index (χ0n) is 19.2. The Morgan fingerprint density at radius 3 is 1.53 bits per heavy atom. The van der Waals surface area contributed by atoms with Crippen molar-refractivity contribution in [3.63, 3.8) is 0 Å². The van der Waals surface area contributed by atoms with Gasteiger partial charge in [0.05, 0.1) is 27.2 Å². The van der Waals surface area contributed by atoms with Gasteiger partial charge in [0.15, 0.2) is 12.2 Å². The van der Waals surface area contributed by atoms with Crippen molar-refractivity contribution in [3.05, 3.63) is 108 Å². The Balaban J connectivity index is 1.56. The van der Waals surface area contributed by atoms with E-state index >= 15 is 0 Å². The monoisotopic (exact) mass is 507 g/mol. The molecule has 1 heterocycles. The van der Waals surface area contributed by atoms with E-state index in [1.807, 2.05) is 0 Å². The van der Waals surface area contributed by atoms with E-state index in [0.29, 0.717) is 16.7 Å². The van der Waals surface area contributed by atoms with E-state index in [2.05, 4.69) is 5.48 Å². The van der Waals surface area contributed by atoms with E-state index in [1.165, 1.54) is 11.8 Å². The van der Waals surface area contributed by atoms with Gasteiger partial charge in [0.2, 0.25) is 0 Å². The maximum atomic E-state index is 12.9. The van der Waals surface area contributed by atoms with Gasteiger partial charge in [-0.05, 0) is 36.4 Å². The predicted molar refractivity (Wildman–Crippen MR) is 133 cm³/mol. The minimum absolute atomic E-state index is 0.0555. The SMILES string of the molecule is O=C(OC[C@H]1SC(CNO)[C@H](OC(=O)c2ccccc2)[C@@H]1OC(=O)c1ccccc1)c1ccccc1. The molecule has 4 rings (SSSR count). The maximum Gasteiger partial charge on any atom is 0.338 e. The minimum atomic E-state index is -0.933. The van der Waals surface area contributed by atoms with Crippen LogP contribution in [0.15, 0.2) is 91.0 Å². The molecule has 0 spiro atoms. The van der Waals surface area contributed by atoms with Gasteiger partial charge in [-0.1, -0.05) is 54.6 Å². The lowest BCUT2D eigenvalue weighted by molar-refractivity contribution is -0.0375. The third-order valence-electron chi connectivity index (χ3n) is 5.59. The van der Waals surface area contributed by atoms with Crippen LogP contribution in [0.25, 0.3) is 0 Å². The van der Waals surface area contributed by atoms with Crippen LogP contribution in [0.4, 0.5) is 0 Å². The summed E-state index contributed by atoms with van der Waals surface area (Å²) in [6, 6.07) is 25.4. The topological polar surface area (TPSA) is 111 Å². The number of carbonyl (C=O) groups excluding carboxylic acids is 3. The number of nitrogens with one attached hydrogen (secondary N) is 1. The van der Waals surface area contributed by atoms with Crippen LogP contribution < -0.4 is 5.48 Å². The highest BCUT2D eigenvalue weighted by Gasteiger charge is 2.49. The van der Waals surface area contributed by atoms with Crippen LogP contribution in [0.3, 0.4) is 0 Å². The highest BCUT2D eigenvalue weighted by molar-refractivity contribution is 8.01. The molecule has 1 aliphatic rings. The normalized spacial score (nSPS) is 20.9. The standard InChI is InChI=1S/C27H25NO7S/c29-25(18-10-4-1-5-11-18)33-17-22-24(35-27(31)20-14-8-3-9-15-20)23(21(36-22)16-28-32)34-26(30)19-12-6-2-7-13-19/h1-15,21-24,28,32H,16-17H2/t21?,22-,23+,24-/m1/s1. The van der Waals surface area contributed by atoms with Gasteiger partial charge in [-0.3, -0.25) is 0 Å². The summed E-state index contributed by atoms with van der Waals surface area (Å²) >= 11 is 1.31. The van der Waals surface area contributed by atoms with Crippen LogP contribution >= 0.6 is 11.8 Å². The summed E-state index contributed by atoms with van der Waals surface area (Å²) in [6.07, 6.45) is -1.84. The fourth-order valence-corrected chi connectivity index (χ4v) is 5.32. The molecule has 36 heavy (non-hydrogen) atoms. The fourth-order valence-electron chi connectivity index (χ4n) is 3.82. The van der Waals surface area contributed by atoms with Crippen LogP contribution in [0.1, 0.15) is 31.1 Å². The van der Waals surface area contributed by atoms with Crippen molar-refractivity contribution in [2.45, 2.75) is 22.7 Å². The minimum Gasteiger partial charge on any atom is -0.461 e. The van der Waals surface area contributed by atoms with Gasteiger partial charge in [0.25, 0.3) is 0 Å². The Labute approximate surface area is 212 Å². The van der Waals surface area contributed by atoms with Gasteiger partial charge in [-0.25, -0.2) is 19.9 Å². The third kappa shape index (κ3) is 6.31. The lowest BCUT2D eigenvalue weighted by Crippen LogP contribution is -2.43. The van der Waals surface area contributed by atoms with E-state index in [-0.39, 0.29) is 13.2 Å². The maximum absolute atomic E-state index is 12.9. The Morgan fingerprint density at radius 1 is 0.667 bits per heavy atom. The number of ether oxygens (including phenoxy) is 3. The molecule has 9 heteroatoms. The Morgan fingerprint density at radius 2 is 1.08 bits per heavy atom. The number of thioether (sulfide) groups is 1. The summed E-state index contributed by atoms with van der Waals surface area (Å²) < 4.78 is 17.2. The number of rotatable bonds is 9. The predicted octanol–water partition coefficient (Wildman–Crippen LogP) is 3.76. The molecular formula is C27H25NO7S. The van der Waals surface area contributed by atoms with Crippen molar-refractivity contribution in [1.82, 2.24) is 5.48 Å². The summed E-state index contributed by atoms with van der Waals surface area (Å²) in [5.41, 5.74) is 3.17. The molecule has 3 aromatic carbocycles. The summed E-state index contributed by atoms with van der Waals surface area (Å²) in [5, 5.41) is 8.38. The van der Waals surface area contributed by atoms with E-state index in [9.17, 15) is 19.6 Å². The summed E-state index contributed by atoms with van der Waals surface area (Å²) in [6.45, 7) is -0.0353. The fraction of sp³-hybridized carbons (Fsp3) is 0.222. The van der Waals surface area contributed by atoms with Gasteiger partial charge in [0.1, 0.15) is 6.61 Å². The van der Waals surface area contributed by atoms with Crippen LogP contribution in [0, 0.1) is 0 Å². The van der Waals surface area contributed by atoms with Crippen molar-refractivity contribution in [1.29, 1.82) is 0 Å². The van der Waals surface area contributed by atoms with E-state index < -0.39 is 40.6 Å². The number of benzene rings is 3. The largest absolute Gasteiger partial charge is 0.461 e. The molecular weight excluding hydrogens is 482 g/mol. The Hall–Kier alpha value is -3.66. The van der Waals surface area contributed by atoms with Crippen LogP contribution in [-0.2, 0) is 14.2 Å². The molecule has 0 bridgehead atoms. The second-order valence-corrected chi connectivity index (χ2v) is 9.49. The molecule has 1 aliphatic heterocycles. The quantitative estimate of drug-likeness (QED) is 0.254. The van der Waals surface area contributed by atoms with Crippen molar-refractivity contribution in [3.8, 4) is 0 Å². The molecule has 0 amide bonds. The number of hydrogen-bond donors (Lipinski definition) is 2. The first-order valence-electron chi connectivity index (χ1n) is 11.3. The lowest BCUT2D eigenvalue weighted by atomic mass is 10.1. The molecule has 1 unspecified atom stereocenters. The number of hydroxylamine groups is 1. The van der Waals surface area contributed by atoms with Gasteiger partial charge in [0, 0.05) is 6.54 Å². The molecule has 2 N–H and O–H groups in total. The van der Waals surface area contributed by atoms with E-state index in [1.54, 1.807) is 91.0 Å². The summed E-state index contributed by atoms with van der Waals surface area (Å²) in [7, 11) is 0. The van der Waals surface area contributed by atoms with Gasteiger partial charge in [-0.2, -0.15) is 0 Å². The molecule has 3 aromatic rings.